The molecule has 146 valence electrons. The van der Waals surface area contributed by atoms with Gasteiger partial charge in [-0.2, -0.15) is 5.26 Å². The Bertz CT molecular complexity index is 1290. The third-order valence-electron chi connectivity index (χ3n) is 5.02. The molecule has 1 aromatic carbocycles. The number of rotatable bonds is 3. The van der Waals surface area contributed by atoms with E-state index in [2.05, 4.69) is 16.9 Å². The number of hydrogen-bond acceptors (Lipinski definition) is 6. The molecule has 0 spiro atoms. The average molecular weight is 427 g/mol. The number of nitriles is 1. The Morgan fingerprint density at radius 2 is 2.31 bits per heavy atom. The molecule has 0 saturated carbocycles. The molecular weight excluding hydrogens is 412 g/mol. The van der Waals surface area contributed by atoms with E-state index in [0.29, 0.717) is 21.7 Å². The van der Waals surface area contributed by atoms with Crippen molar-refractivity contribution in [1.29, 1.82) is 5.26 Å². The molecule has 0 saturated heterocycles. The van der Waals surface area contributed by atoms with Gasteiger partial charge in [0.15, 0.2) is 5.82 Å². The van der Waals surface area contributed by atoms with Gasteiger partial charge in [-0.1, -0.05) is 24.6 Å². The molecule has 1 atom stereocenters. The van der Waals surface area contributed by atoms with Crippen molar-refractivity contribution >= 4 is 50.5 Å². The van der Waals surface area contributed by atoms with Crippen molar-refractivity contribution < 1.29 is 4.92 Å². The molecule has 1 aliphatic rings. The summed E-state index contributed by atoms with van der Waals surface area (Å²) in [7, 11) is 0. The number of H-pyrrole nitrogens is 1. The number of fused-ring (bicyclic) bond motifs is 3. The Morgan fingerprint density at radius 3 is 3.03 bits per heavy atom. The highest BCUT2D eigenvalue weighted by molar-refractivity contribution is 7.18. The first-order chi connectivity index (χ1) is 13.9. The topological polar surface area (TPSA) is 113 Å². The van der Waals surface area contributed by atoms with E-state index in [1.807, 2.05) is 6.07 Å². The first-order valence-electron chi connectivity index (χ1n) is 8.98. The van der Waals surface area contributed by atoms with Crippen LogP contribution in [0.5, 0.6) is 0 Å². The van der Waals surface area contributed by atoms with Gasteiger partial charge >= 0.3 is 0 Å². The standard InChI is InChI=1S/C20H15ClN4O3S/c1-10-2-4-13-16(6-10)29-20-17(13)19(26)23-18(24-20)12(9-22)7-11-3-5-14(21)15(8-11)25(27)28/h3,5,7-8,10H,2,4,6H2,1H3,(H,23,24,26). The van der Waals surface area contributed by atoms with Crippen LogP contribution in [-0.2, 0) is 12.8 Å². The molecule has 0 bridgehead atoms. The molecule has 4 rings (SSSR count). The van der Waals surface area contributed by atoms with E-state index in [4.69, 9.17) is 11.6 Å². The maximum atomic E-state index is 12.7. The highest BCUT2D eigenvalue weighted by Gasteiger charge is 2.23. The molecule has 0 fully saturated rings. The number of hydrogen-bond donors (Lipinski definition) is 1. The van der Waals surface area contributed by atoms with Crippen LogP contribution in [0.1, 0.15) is 35.2 Å². The summed E-state index contributed by atoms with van der Waals surface area (Å²) in [6.45, 7) is 2.19. The Balaban J connectivity index is 1.82. The summed E-state index contributed by atoms with van der Waals surface area (Å²) in [5.74, 6) is 0.721. The summed E-state index contributed by atoms with van der Waals surface area (Å²) in [5.41, 5.74) is 1.08. The zero-order valence-electron chi connectivity index (χ0n) is 15.4. The molecule has 7 nitrogen and oxygen atoms in total. The van der Waals surface area contributed by atoms with Gasteiger partial charge in [0.25, 0.3) is 11.2 Å². The van der Waals surface area contributed by atoms with E-state index < -0.39 is 4.92 Å². The largest absolute Gasteiger partial charge is 0.305 e. The summed E-state index contributed by atoms with van der Waals surface area (Å²) >= 11 is 7.34. The number of benzene rings is 1. The number of nitrogens with zero attached hydrogens (tertiary/aromatic N) is 3. The van der Waals surface area contributed by atoms with Crippen LogP contribution in [0.15, 0.2) is 23.0 Å². The van der Waals surface area contributed by atoms with E-state index in [9.17, 15) is 20.2 Å². The second-order valence-electron chi connectivity index (χ2n) is 7.08. The van der Waals surface area contributed by atoms with Gasteiger partial charge in [0, 0.05) is 10.9 Å². The van der Waals surface area contributed by atoms with Crippen LogP contribution in [0.2, 0.25) is 5.02 Å². The molecule has 1 aliphatic carbocycles. The van der Waals surface area contributed by atoms with Gasteiger partial charge in [0.2, 0.25) is 0 Å². The lowest BCUT2D eigenvalue weighted by molar-refractivity contribution is -0.384. The van der Waals surface area contributed by atoms with Gasteiger partial charge in [0.05, 0.1) is 15.9 Å². The number of halogens is 1. The van der Waals surface area contributed by atoms with Crippen molar-refractivity contribution in [3.05, 3.63) is 65.5 Å². The minimum Gasteiger partial charge on any atom is -0.305 e. The maximum absolute atomic E-state index is 12.7. The summed E-state index contributed by atoms with van der Waals surface area (Å²) in [6.07, 6.45) is 4.28. The fourth-order valence-electron chi connectivity index (χ4n) is 3.56. The first-order valence-corrected chi connectivity index (χ1v) is 10.2. The SMILES string of the molecule is CC1CCc2c(sc3nc(C(C#N)=Cc4ccc(Cl)c([N+](=O)[O-])c4)[nH]c(=O)c23)C1. The van der Waals surface area contributed by atoms with E-state index >= 15 is 0 Å². The van der Waals surface area contributed by atoms with Crippen molar-refractivity contribution in [2.45, 2.75) is 26.2 Å². The molecule has 0 amide bonds. The molecule has 2 aromatic heterocycles. The molecule has 29 heavy (non-hydrogen) atoms. The molecule has 2 heterocycles. The first kappa shape index (κ1) is 19.3. The lowest BCUT2D eigenvalue weighted by atomic mass is 9.89. The lowest BCUT2D eigenvalue weighted by Gasteiger charge is -2.17. The zero-order valence-corrected chi connectivity index (χ0v) is 16.9. The summed E-state index contributed by atoms with van der Waals surface area (Å²) in [5, 5.41) is 21.3. The van der Waals surface area contributed by atoms with Crippen LogP contribution < -0.4 is 5.56 Å². The molecular formula is C20H15ClN4O3S. The van der Waals surface area contributed by atoms with Gasteiger partial charge in [-0.25, -0.2) is 4.98 Å². The summed E-state index contributed by atoms with van der Waals surface area (Å²) in [6, 6.07) is 6.26. The quantitative estimate of drug-likeness (QED) is 0.369. The fourth-order valence-corrected chi connectivity index (χ4v) is 5.13. The minimum absolute atomic E-state index is 0.0111. The second kappa shape index (κ2) is 7.43. The van der Waals surface area contributed by atoms with E-state index in [1.165, 1.54) is 34.4 Å². The highest BCUT2D eigenvalue weighted by Crippen LogP contribution is 2.36. The van der Waals surface area contributed by atoms with Gasteiger partial charge in [0.1, 0.15) is 15.9 Å². The Morgan fingerprint density at radius 1 is 1.52 bits per heavy atom. The number of allylic oxidation sites excluding steroid dienone is 1. The second-order valence-corrected chi connectivity index (χ2v) is 8.58. The number of aryl methyl sites for hydroxylation is 1. The zero-order chi connectivity index (χ0) is 20.7. The number of nitro groups is 1. The smallest absolute Gasteiger partial charge is 0.288 e. The van der Waals surface area contributed by atoms with Crippen molar-refractivity contribution in [2.24, 2.45) is 5.92 Å². The number of aromatic nitrogens is 2. The van der Waals surface area contributed by atoms with Crippen LogP contribution >= 0.6 is 22.9 Å². The predicted octanol–water partition coefficient (Wildman–Crippen LogP) is 4.74. The Kier molecular flexibility index (Phi) is 4.94. The lowest BCUT2D eigenvalue weighted by Crippen LogP contribution is -2.14. The highest BCUT2D eigenvalue weighted by atomic mass is 35.5. The van der Waals surface area contributed by atoms with Gasteiger partial charge < -0.3 is 4.98 Å². The molecule has 0 radical (unpaired) electrons. The van der Waals surface area contributed by atoms with Crippen molar-refractivity contribution in [3.63, 3.8) is 0 Å². The monoisotopic (exact) mass is 426 g/mol. The van der Waals surface area contributed by atoms with Crippen molar-refractivity contribution in [2.75, 3.05) is 0 Å². The number of nitrogens with one attached hydrogen (secondary N) is 1. The minimum atomic E-state index is -0.588. The van der Waals surface area contributed by atoms with Gasteiger partial charge in [-0.05, 0) is 48.4 Å². The van der Waals surface area contributed by atoms with Gasteiger partial charge in [-0.15, -0.1) is 11.3 Å². The summed E-state index contributed by atoms with van der Waals surface area (Å²) in [4.78, 5) is 32.3. The molecule has 1 N–H and O–H groups in total. The maximum Gasteiger partial charge on any atom is 0.288 e. The average Bonchev–Trinajstić information content (AvgIpc) is 3.04. The van der Waals surface area contributed by atoms with Crippen LogP contribution in [0, 0.1) is 27.4 Å². The van der Waals surface area contributed by atoms with Crippen molar-refractivity contribution in [1.82, 2.24) is 9.97 Å². The number of thiophene rings is 1. The van der Waals surface area contributed by atoms with E-state index in [0.717, 1.165) is 24.8 Å². The van der Waals surface area contributed by atoms with Crippen molar-refractivity contribution in [3.8, 4) is 6.07 Å². The van der Waals surface area contributed by atoms with E-state index in [1.54, 1.807) is 6.07 Å². The molecule has 0 aliphatic heterocycles. The van der Waals surface area contributed by atoms with Crippen LogP contribution in [0.3, 0.4) is 0 Å². The molecule has 1 unspecified atom stereocenters. The third-order valence-corrected chi connectivity index (χ3v) is 6.49. The van der Waals surface area contributed by atoms with Crippen LogP contribution in [0.4, 0.5) is 5.69 Å². The molecule has 3 aromatic rings. The Labute approximate surface area is 174 Å². The number of aromatic amines is 1. The predicted molar refractivity (Wildman–Crippen MR) is 113 cm³/mol. The third kappa shape index (κ3) is 3.55. The normalized spacial score (nSPS) is 16.4. The Hall–Kier alpha value is -3.02. The fraction of sp³-hybridized carbons (Fsp3) is 0.250. The number of nitro benzene ring substituents is 1. The van der Waals surface area contributed by atoms with Crippen LogP contribution in [-0.4, -0.2) is 14.9 Å². The summed E-state index contributed by atoms with van der Waals surface area (Å²) < 4.78 is 0. The van der Waals surface area contributed by atoms with E-state index in [-0.39, 0.29) is 27.7 Å². The molecule has 9 heteroatoms. The van der Waals surface area contributed by atoms with Crippen LogP contribution in [0.25, 0.3) is 21.9 Å². The van der Waals surface area contributed by atoms with Gasteiger partial charge in [-0.3, -0.25) is 14.9 Å².